The van der Waals surface area contributed by atoms with E-state index in [1.165, 1.54) is 0 Å². The SMILES string of the molecule is Cc1cc(Cl)c2ccc3c(ccc4c(Cl)cc(C)nc43)c2n1. The van der Waals surface area contributed by atoms with Crippen LogP contribution in [-0.4, -0.2) is 9.97 Å². The molecule has 0 atom stereocenters. The van der Waals surface area contributed by atoms with Crippen molar-refractivity contribution in [2.24, 2.45) is 0 Å². The van der Waals surface area contributed by atoms with Gasteiger partial charge in [0, 0.05) is 32.9 Å². The fourth-order valence-electron chi connectivity index (χ4n) is 2.94. The molecule has 108 valence electrons. The lowest BCUT2D eigenvalue weighted by Gasteiger charge is -2.09. The Kier molecular flexibility index (Phi) is 3.00. The van der Waals surface area contributed by atoms with Crippen molar-refractivity contribution in [3.63, 3.8) is 0 Å². The first-order valence-corrected chi connectivity index (χ1v) is 7.75. The van der Waals surface area contributed by atoms with Crippen molar-refractivity contribution in [3.05, 3.63) is 57.8 Å². The van der Waals surface area contributed by atoms with E-state index < -0.39 is 0 Å². The Balaban J connectivity index is 2.27. The molecule has 0 unspecified atom stereocenters. The van der Waals surface area contributed by atoms with Crippen molar-refractivity contribution in [1.82, 2.24) is 9.97 Å². The highest BCUT2D eigenvalue weighted by atomic mass is 35.5. The normalized spacial score (nSPS) is 11.6. The van der Waals surface area contributed by atoms with Crippen molar-refractivity contribution >= 4 is 55.8 Å². The Hall–Kier alpha value is -1.90. The van der Waals surface area contributed by atoms with Crippen LogP contribution < -0.4 is 0 Å². The fraction of sp³-hybridized carbons (Fsp3) is 0.111. The Morgan fingerprint density at radius 3 is 1.41 bits per heavy atom. The molecule has 2 heterocycles. The maximum absolute atomic E-state index is 6.35. The van der Waals surface area contributed by atoms with Crippen LogP contribution >= 0.6 is 23.2 Å². The quantitative estimate of drug-likeness (QED) is 0.378. The minimum absolute atomic E-state index is 0.722. The highest BCUT2D eigenvalue weighted by Crippen LogP contribution is 2.34. The molecule has 4 rings (SSSR count). The third-order valence-electron chi connectivity index (χ3n) is 3.91. The van der Waals surface area contributed by atoms with Gasteiger partial charge in [-0.2, -0.15) is 0 Å². The first kappa shape index (κ1) is 13.7. The molecule has 4 heteroatoms. The Morgan fingerprint density at radius 1 is 0.636 bits per heavy atom. The zero-order valence-corrected chi connectivity index (χ0v) is 13.6. The predicted molar refractivity (Wildman–Crippen MR) is 94.0 cm³/mol. The molecule has 0 saturated carbocycles. The Morgan fingerprint density at radius 2 is 1.00 bits per heavy atom. The number of halogens is 2. The molecule has 2 nitrogen and oxygen atoms in total. The van der Waals surface area contributed by atoms with Gasteiger partial charge in [-0.1, -0.05) is 47.5 Å². The van der Waals surface area contributed by atoms with E-state index in [-0.39, 0.29) is 0 Å². The standard InChI is InChI=1S/C18H12Cl2N2/c1-9-7-15(19)13-5-4-12-11(17(13)21-9)3-6-14-16(20)8-10(2)22-18(12)14/h3-8H,1-2H3. The summed E-state index contributed by atoms with van der Waals surface area (Å²) >= 11 is 12.7. The van der Waals surface area contributed by atoms with Crippen LogP contribution in [-0.2, 0) is 0 Å². The van der Waals surface area contributed by atoms with Crippen molar-refractivity contribution in [2.75, 3.05) is 0 Å². The molecule has 2 aromatic heterocycles. The zero-order chi connectivity index (χ0) is 15.4. The molecule has 0 saturated heterocycles. The van der Waals surface area contributed by atoms with E-state index in [0.717, 1.165) is 54.0 Å². The number of benzene rings is 2. The first-order valence-electron chi connectivity index (χ1n) is 7.00. The largest absolute Gasteiger partial charge is 0.252 e. The third-order valence-corrected chi connectivity index (χ3v) is 4.53. The molecule has 0 fully saturated rings. The first-order chi connectivity index (χ1) is 10.5. The maximum atomic E-state index is 6.35. The van der Waals surface area contributed by atoms with Gasteiger partial charge in [-0.25, -0.2) is 0 Å². The summed E-state index contributed by atoms with van der Waals surface area (Å²) in [6.45, 7) is 3.90. The second kappa shape index (κ2) is 4.80. The van der Waals surface area contributed by atoms with Gasteiger partial charge in [0.2, 0.25) is 0 Å². The van der Waals surface area contributed by atoms with Gasteiger partial charge >= 0.3 is 0 Å². The summed E-state index contributed by atoms with van der Waals surface area (Å²) < 4.78 is 0. The summed E-state index contributed by atoms with van der Waals surface area (Å²) in [5, 5.41) is 5.45. The number of rotatable bonds is 0. The lowest BCUT2D eigenvalue weighted by Crippen LogP contribution is -1.90. The van der Waals surface area contributed by atoms with Crippen molar-refractivity contribution in [1.29, 1.82) is 0 Å². The van der Waals surface area contributed by atoms with E-state index in [4.69, 9.17) is 23.2 Å². The molecular formula is C18H12Cl2N2. The lowest BCUT2D eigenvalue weighted by atomic mass is 10.0. The number of pyridine rings is 2. The molecule has 4 aromatic rings. The molecule has 0 spiro atoms. The summed E-state index contributed by atoms with van der Waals surface area (Å²) in [7, 11) is 0. The Bertz CT molecular complexity index is 984. The van der Waals surface area contributed by atoms with E-state index in [1.54, 1.807) is 0 Å². The van der Waals surface area contributed by atoms with Crippen molar-refractivity contribution in [3.8, 4) is 0 Å². The minimum atomic E-state index is 0.722. The maximum Gasteiger partial charge on any atom is 0.0799 e. The van der Waals surface area contributed by atoms with Crippen LogP contribution in [0.4, 0.5) is 0 Å². The van der Waals surface area contributed by atoms with Gasteiger partial charge in [-0.3, -0.25) is 9.97 Å². The molecule has 0 amide bonds. The summed E-state index contributed by atoms with van der Waals surface area (Å²) in [4.78, 5) is 9.34. The molecule has 2 aromatic carbocycles. The molecule has 0 N–H and O–H groups in total. The van der Waals surface area contributed by atoms with E-state index in [9.17, 15) is 0 Å². The fourth-order valence-corrected chi connectivity index (χ4v) is 3.56. The predicted octanol–water partition coefficient (Wildman–Crippen LogP) is 5.86. The molecule has 22 heavy (non-hydrogen) atoms. The average molecular weight is 327 g/mol. The molecule has 0 radical (unpaired) electrons. The number of hydrogen-bond acceptors (Lipinski definition) is 2. The molecular weight excluding hydrogens is 315 g/mol. The highest BCUT2D eigenvalue weighted by molar-refractivity contribution is 6.38. The van der Waals surface area contributed by atoms with Gasteiger partial charge in [0.25, 0.3) is 0 Å². The molecule has 0 aliphatic carbocycles. The molecule has 0 bridgehead atoms. The second-order valence-corrected chi connectivity index (χ2v) is 6.32. The number of aryl methyl sites for hydroxylation is 2. The van der Waals surface area contributed by atoms with E-state index in [2.05, 4.69) is 9.97 Å². The van der Waals surface area contributed by atoms with Crippen LogP contribution in [0.2, 0.25) is 10.0 Å². The number of nitrogens with zero attached hydrogens (tertiary/aromatic N) is 2. The Labute approximate surface area is 137 Å². The van der Waals surface area contributed by atoms with E-state index in [1.807, 2.05) is 50.2 Å². The van der Waals surface area contributed by atoms with Gasteiger partial charge < -0.3 is 0 Å². The monoisotopic (exact) mass is 326 g/mol. The van der Waals surface area contributed by atoms with Crippen LogP contribution in [0.15, 0.2) is 36.4 Å². The van der Waals surface area contributed by atoms with E-state index in [0.29, 0.717) is 0 Å². The number of hydrogen-bond donors (Lipinski definition) is 0. The zero-order valence-electron chi connectivity index (χ0n) is 12.1. The summed E-state index contributed by atoms with van der Waals surface area (Å²) in [5.74, 6) is 0. The second-order valence-electron chi connectivity index (χ2n) is 5.51. The van der Waals surface area contributed by atoms with Crippen LogP contribution in [0, 0.1) is 13.8 Å². The van der Waals surface area contributed by atoms with Gasteiger partial charge in [0.1, 0.15) is 0 Å². The van der Waals surface area contributed by atoms with Crippen LogP contribution in [0.3, 0.4) is 0 Å². The molecule has 0 aliphatic rings. The smallest absolute Gasteiger partial charge is 0.0799 e. The van der Waals surface area contributed by atoms with E-state index >= 15 is 0 Å². The van der Waals surface area contributed by atoms with Gasteiger partial charge in [-0.05, 0) is 26.0 Å². The highest BCUT2D eigenvalue weighted by Gasteiger charge is 2.11. The number of fused-ring (bicyclic) bond motifs is 5. The van der Waals surface area contributed by atoms with Crippen molar-refractivity contribution in [2.45, 2.75) is 13.8 Å². The number of aromatic nitrogens is 2. The van der Waals surface area contributed by atoms with Crippen molar-refractivity contribution < 1.29 is 0 Å². The van der Waals surface area contributed by atoms with Gasteiger partial charge in [0.15, 0.2) is 0 Å². The topological polar surface area (TPSA) is 25.8 Å². The van der Waals surface area contributed by atoms with Gasteiger partial charge in [0.05, 0.1) is 21.1 Å². The summed E-state index contributed by atoms with van der Waals surface area (Å²) in [6, 6.07) is 11.9. The van der Waals surface area contributed by atoms with Crippen LogP contribution in [0.25, 0.3) is 32.6 Å². The molecule has 0 aliphatic heterocycles. The van der Waals surface area contributed by atoms with Crippen LogP contribution in [0.5, 0.6) is 0 Å². The van der Waals surface area contributed by atoms with Gasteiger partial charge in [-0.15, -0.1) is 0 Å². The third kappa shape index (κ3) is 1.95. The average Bonchev–Trinajstić information content (AvgIpc) is 2.46. The lowest BCUT2D eigenvalue weighted by molar-refractivity contribution is 1.26. The summed E-state index contributed by atoms with van der Waals surface area (Å²) in [5.41, 5.74) is 3.62. The van der Waals surface area contributed by atoms with Crippen LogP contribution in [0.1, 0.15) is 11.4 Å². The summed E-state index contributed by atoms with van der Waals surface area (Å²) in [6.07, 6.45) is 0. The minimum Gasteiger partial charge on any atom is -0.252 e.